The molecule has 1 N–H and O–H groups in total. The third-order valence-corrected chi connectivity index (χ3v) is 4.77. The van der Waals surface area contributed by atoms with Crippen LogP contribution in [-0.4, -0.2) is 11.5 Å². The van der Waals surface area contributed by atoms with E-state index >= 15 is 0 Å². The molecule has 21 heavy (non-hydrogen) atoms. The van der Waals surface area contributed by atoms with Crippen molar-refractivity contribution in [1.82, 2.24) is 4.98 Å². The number of pyridine rings is 1. The minimum absolute atomic E-state index is 0.613. The van der Waals surface area contributed by atoms with Crippen molar-refractivity contribution in [3.63, 3.8) is 0 Å². The van der Waals surface area contributed by atoms with Gasteiger partial charge in [0.1, 0.15) is 0 Å². The van der Waals surface area contributed by atoms with E-state index in [-0.39, 0.29) is 0 Å². The summed E-state index contributed by atoms with van der Waals surface area (Å²) in [5.41, 5.74) is 6.74. The van der Waals surface area contributed by atoms with Crippen LogP contribution in [0.2, 0.25) is 0 Å². The lowest BCUT2D eigenvalue weighted by Crippen LogP contribution is -2.06. The fourth-order valence-corrected chi connectivity index (χ4v) is 3.27. The highest BCUT2D eigenvalue weighted by Crippen LogP contribution is 2.35. The Labute approximate surface area is 128 Å². The molecule has 112 valence electrons. The molecule has 0 amide bonds. The number of hydrogen-bond acceptors (Lipinski definition) is 2. The molecular formula is C19H26N2. The van der Waals surface area contributed by atoms with Gasteiger partial charge in [0.2, 0.25) is 0 Å². The molecule has 0 radical (unpaired) electrons. The quantitative estimate of drug-likeness (QED) is 0.829. The largest absolute Gasteiger partial charge is 0.384 e. The number of hydrogen-bond donors (Lipinski definition) is 1. The first-order valence-corrected chi connectivity index (χ1v) is 8.43. The van der Waals surface area contributed by atoms with E-state index in [1.807, 2.05) is 0 Å². The molecule has 1 aliphatic carbocycles. The van der Waals surface area contributed by atoms with E-state index in [1.54, 1.807) is 0 Å². The number of rotatable bonds is 5. The van der Waals surface area contributed by atoms with Crippen molar-refractivity contribution in [2.24, 2.45) is 0 Å². The molecule has 2 aromatic rings. The molecule has 1 atom stereocenters. The predicted molar refractivity (Wildman–Crippen MR) is 91.3 cm³/mol. The first-order chi connectivity index (χ1) is 10.2. The Morgan fingerprint density at radius 3 is 2.86 bits per heavy atom. The number of benzene rings is 1. The van der Waals surface area contributed by atoms with Crippen molar-refractivity contribution in [2.75, 3.05) is 11.9 Å². The van der Waals surface area contributed by atoms with E-state index in [9.17, 15) is 0 Å². The Kier molecular flexibility index (Phi) is 4.14. The average Bonchev–Trinajstić information content (AvgIpc) is 2.98. The second kappa shape index (κ2) is 6.05. The SMILES string of the molecule is CCCNc1c2c(nc3ccc(C(C)CC)cc13)CCC2. The van der Waals surface area contributed by atoms with Crippen LogP contribution in [0.1, 0.15) is 62.8 Å². The smallest absolute Gasteiger partial charge is 0.0726 e. The fraction of sp³-hybridized carbons (Fsp3) is 0.526. The van der Waals surface area contributed by atoms with Crippen LogP contribution >= 0.6 is 0 Å². The Hall–Kier alpha value is -1.57. The van der Waals surface area contributed by atoms with Crippen LogP contribution in [-0.2, 0) is 12.8 Å². The summed E-state index contributed by atoms with van der Waals surface area (Å²) >= 11 is 0. The van der Waals surface area contributed by atoms with Gasteiger partial charge in [0.05, 0.1) is 5.52 Å². The summed E-state index contributed by atoms with van der Waals surface area (Å²) in [4.78, 5) is 4.91. The minimum Gasteiger partial charge on any atom is -0.384 e. The summed E-state index contributed by atoms with van der Waals surface area (Å²) in [7, 11) is 0. The van der Waals surface area contributed by atoms with Gasteiger partial charge >= 0.3 is 0 Å². The van der Waals surface area contributed by atoms with Gasteiger partial charge in [-0.2, -0.15) is 0 Å². The lowest BCUT2D eigenvalue weighted by molar-refractivity contribution is 0.734. The molecule has 2 nitrogen and oxygen atoms in total. The highest BCUT2D eigenvalue weighted by Gasteiger charge is 2.19. The molecular weight excluding hydrogens is 256 g/mol. The highest BCUT2D eigenvalue weighted by molar-refractivity contribution is 5.94. The number of nitrogens with zero attached hydrogens (tertiary/aromatic N) is 1. The monoisotopic (exact) mass is 282 g/mol. The number of fused-ring (bicyclic) bond motifs is 2. The second-order valence-corrected chi connectivity index (χ2v) is 6.28. The Morgan fingerprint density at radius 1 is 1.24 bits per heavy atom. The Balaban J connectivity index is 2.16. The van der Waals surface area contributed by atoms with Gasteiger partial charge in [0.15, 0.2) is 0 Å². The standard InChI is InChI=1S/C19H26N2/c1-4-11-20-19-15-7-6-8-17(15)21-18-10-9-14(12-16(18)19)13(3)5-2/h9-10,12-13H,4-8,11H2,1-3H3,(H,20,21). The average molecular weight is 282 g/mol. The highest BCUT2D eigenvalue weighted by atomic mass is 14.9. The molecule has 1 heterocycles. The number of nitrogens with one attached hydrogen (secondary N) is 1. The lowest BCUT2D eigenvalue weighted by atomic mass is 9.95. The maximum atomic E-state index is 4.91. The van der Waals surface area contributed by atoms with Crippen molar-refractivity contribution in [3.05, 3.63) is 35.0 Å². The van der Waals surface area contributed by atoms with E-state index < -0.39 is 0 Å². The lowest BCUT2D eigenvalue weighted by Gasteiger charge is -2.16. The van der Waals surface area contributed by atoms with Gasteiger partial charge < -0.3 is 5.32 Å². The van der Waals surface area contributed by atoms with E-state index in [2.05, 4.69) is 44.3 Å². The summed E-state index contributed by atoms with van der Waals surface area (Å²) in [6, 6.07) is 6.84. The zero-order chi connectivity index (χ0) is 14.8. The molecule has 3 rings (SSSR count). The molecule has 0 aliphatic heterocycles. The Bertz CT molecular complexity index is 646. The van der Waals surface area contributed by atoms with Gasteiger partial charge in [-0.05, 0) is 61.3 Å². The van der Waals surface area contributed by atoms with Crippen molar-refractivity contribution < 1.29 is 0 Å². The van der Waals surface area contributed by atoms with Gasteiger partial charge in [-0.25, -0.2) is 0 Å². The van der Waals surface area contributed by atoms with Crippen molar-refractivity contribution in [3.8, 4) is 0 Å². The molecule has 1 unspecified atom stereocenters. The summed E-state index contributed by atoms with van der Waals surface area (Å²) in [6.07, 6.45) is 5.90. The van der Waals surface area contributed by atoms with Crippen LogP contribution in [0.5, 0.6) is 0 Å². The van der Waals surface area contributed by atoms with Crippen LogP contribution < -0.4 is 5.32 Å². The molecule has 0 saturated carbocycles. The molecule has 0 spiro atoms. The summed E-state index contributed by atoms with van der Waals surface area (Å²) in [6.45, 7) is 7.83. The predicted octanol–water partition coefficient (Wildman–Crippen LogP) is 5.06. The van der Waals surface area contributed by atoms with Crippen molar-refractivity contribution in [1.29, 1.82) is 0 Å². The molecule has 0 fully saturated rings. The summed E-state index contributed by atoms with van der Waals surface area (Å²) < 4.78 is 0. The molecule has 1 aromatic carbocycles. The third kappa shape index (κ3) is 2.64. The molecule has 1 aromatic heterocycles. The van der Waals surface area contributed by atoms with E-state index in [1.165, 1.54) is 47.2 Å². The molecule has 2 heteroatoms. The maximum Gasteiger partial charge on any atom is 0.0726 e. The van der Waals surface area contributed by atoms with Gasteiger partial charge in [-0.1, -0.05) is 26.8 Å². The minimum atomic E-state index is 0.613. The number of aromatic nitrogens is 1. The topological polar surface area (TPSA) is 24.9 Å². The van der Waals surface area contributed by atoms with E-state index in [4.69, 9.17) is 4.98 Å². The zero-order valence-corrected chi connectivity index (χ0v) is 13.5. The van der Waals surface area contributed by atoms with Gasteiger partial charge in [-0.3, -0.25) is 4.98 Å². The molecule has 1 aliphatic rings. The first kappa shape index (κ1) is 14.4. The summed E-state index contributed by atoms with van der Waals surface area (Å²) in [5.74, 6) is 0.613. The Morgan fingerprint density at radius 2 is 2.10 bits per heavy atom. The van der Waals surface area contributed by atoms with Gasteiger partial charge in [0, 0.05) is 23.3 Å². The number of anilines is 1. The van der Waals surface area contributed by atoms with Crippen LogP contribution in [0, 0.1) is 0 Å². The normalized spacial score (nSPS) is 15.2. The zero-order valence-electron chi connectivity index (χ0n) is 13.5. The van der Waals surface area contributed by atoms with Crippen LogP contribution in [0.3, 0.4) is 0 Å². The number of aryl methyl sites for hydroxylation is 1. The molecule has 0 bridgehead atoms. The van der Waals surface area contributed by atoms with Crippen LogP contribution in [0.25, 0.3) is 10.9 Å². The molecule has 0 saturated heterocycles. The van der Waals surface area contributed by atoms with Gasteiger partial charge in [0.25, 0.3) is 0 Å². The maximum absolute atomic E-state index is 4.91. The second-order valence-electron chi connectivity index (χ2n) is 6.28. The fourth-order valence-electron chi connectivity index (χ4n) is 3.27. The van der Waals surface area contributed by atoms with Crippen molar-refractivity contribution in [2.45, 2.75) is 58.8 Å². The van der Waals surface area contributed by atoms with Gasteiger partial charge in [-0.15, -0.1) is 0 Å². The van der Waals surface area contributed by atoms with Crippen molar-refractivity contribution >= 4 is 16.6 Å². The van der Waals surface area contributed by atoms with E-state index in [0.29, 0.717) is 5.92 Å². The van der Waals surface area contributed by atoms with Crippen LogP contribution in [0.15, 0.2) is 18.2 Å². The van der Waals surface area contributed by atoms with E-state index in [0.717, 1.165) is 24.9 Å². The first-order valence-electron chi connectivity index (χ1n) is 8.43. The van der Waals surface area contributed by atoms with Crippen LogP contribution in [0.4, 0.5) is 5.69 Å². The summed E-state index contributed by atoms with van der Waals surface area (Å²) in [5, 5.41) is 5.00. The third-order valence-electron chi connectivity index (χ3n) is 4.77.